The fourth-order valence-electron chi connectivity index (χ4n) is 2.06. The number of amides is 1. The molecule has 6 heteroatoms. The Bertz CT molecular complexity index is 736. The summed E-state index contributed by atoms with van der Waals surface area (Å²) in [4.78, 5) is 26.1. The normalized spacial score (nSPS) is 10.6. The third kappa shape index (κ3) is 3.34. The average Bonchev–Trinajstić information content (AvgIpc) is 2.47. The Balaban J connectivity index is 2.27. The second kappa shape index (κ2) is 6.30. The molecule has 0 saturated carbocycles. The molecule has 1 heterocycles. The van der Waals surface area contributed by atoms with Crippen LogP contribution < -0.4 is 5.56 Å². The van der Waals surface area contributed by atoms with Crippen molar-refractivity contribution in [3.63, 3.8) is 0 Å². The monoisotopic (exact) mass is 286 g/mol. The zero-order chi connectivity index (χ0) is 15.4. The fourth-order valence-corrected chi connectivity index (χ4v) is 2.06. The average molecular weight is 286 g/mol. The summed E-state index contributed by atoms with van der Waals surface area (Å²) in [6.07, 6.45) is 0. The van der Waals surface area contributed by atoms with Crippen molar-refractivity contribution in [1.82, 2.24) is 19.9 Å². The minimum absolute atomic E-state index is 0.113. The summed E-state index contributed by atoms with van der Waals surface area (Å²) in [5.41, 5.74) is 1.11. The van der Waals surface area contributed by atoms with Gasteiger partial charge in [0, 0.05) is 13.1 Å². The predicted octanol–water partition coefficient (Wildman–Crippen LogP) is 1.22. The molecular formula is C15H18N4O2. The molecule has 0 aliphatic heterocycles. The molecule has 0 aliphatic carbocycles. The molecule has 110 valence electrons. The predicted molar refractivity (Wildman–Crippen MR) is 80.9 cm³/mol. The molecule has 2 aromatic rings. The van der Waals surface area contributed by atoms with Crippen LogP contribution in [0, 0.1) is 0 Å². The second-order valence-electron chi connectivity index (χ2n) is 4.93. The van der Waals surface area contributed by atoms with Gasteiger partial charge in [-0.2, -0.15) is 0 Å². The van der Waals surface area contributed by atoms with Crippen molar-refractivity contribution >= 4 is 16.8 Å². The van der Waals surface area contributed by atoms with E-state index >= 15 is 0 Å². The number of benzene rings is 1. The summed E-state index contributed by atoms with van der Waals surface area (Å²) in [7, 11) is 0. The number of carbonyl (C=O) groups is 1. The van der Waals surface area contributed by atoms with Crippen LogP contribution in [0.25, 0.3) is 10.9 Å². The molecular weight excluding hydrogens is 268 g/mol. The standard InChI is InChI=1S/C15H18N4O2/c1-4-18(9-11(2)3)14(20)10-19-15(21)12-7-5-6-8-13(12)16-17-19/h5-8H,2,4,9-10H2,1,3H3. The molecule has 0 saturated heterocycles. The van der Waals surface area contributed by atoms with E-state index < -0.39 is 0 Å². The molecule has 0 fully saturated rings. The van der Waals surface area contributed by atoms with Crippen molar-refractivity contribution in [2.75, 3.05) is 13.1 Å². The Hall–Kier alpha value is -2.50. The van der Waals surface area contributed by atoms with Crippen LogP contribution in [0.5, 0.6) is 0 Å². The number of rotatable bonds is 5. The van der Waals surface area contributed by atoms with Crippen molar-refractivity contribution in [1.29, 1.82) is 0 Å². The van der Waals surface area contributed by atoms with E-state index in [0.717, 1.165) is 10.3 Å². The molecule has 0 spiro atoms. The number of carbonyl (C=O) groups excluding carboxylic acids is 1. The van der Waals surface area contributed by atoms with Crippen molar-refractivity contribution in [2.24, 2.45) is 0 Å². The van der Waals surface area contributed by atoms with Crippen molar-refractivity contribution in [3.8, 4) is 0 Å². The molecule has 21 heavy (non-hydrogen) atoms. The molecule has 0 aliphatic rings. The van der Waals surface area contributed by atoms with E-state index in [1.165, 1.54) is 0 Å². The third-order valence-electron chi connectivity index (χ3n) is 3.11. The van der Waals surface area contributed by atoms with E-state index in [1.54, 1.807) is 29.2 Å². The minimum atomic E-state index is -0.305. The third-order valence-corrected chi connectivity index (χ3v) is 3.11. The van der Waals surface area contributed by atoms with E-state index in [9.17, 15) is 9.59 Å². The first-order valence-corrected chi connectivity index (χ1v) is 6.77. The number of nitrogens with zero attached hydrogens (tertiary/aromatic N) is 4. The fraction of sp³-hybridized carbons (Fsp3) is 0.333. The van der Waals surface area contributed by atoms with E-state index in [4.69, 9.17) is 0 Å². The molecule has 0 N–H and O–H groups in total. The summed E-state index contributed by atoms with van der Waals surface area (Å²) in [6, 6.07) is 6.95. The molecule has 1 amide bonds. The van der Waals surface area contributed by atoms with Gasteiger partial charge in [-0.25, -0.2) is 4.68 Å². The van der Waals surface area contributed by atoms with Crippen LogP contribution in [-0.4, -0.2) is 38.9 Å². The van der Waals surface area contributed by atoms with Gasteiger partial charge in [0.1, 0.15) is 12.1 Å². The van der Waals surface area contributed by atoms with Gasteiger partial charge in [-0.1, -0.05) is 29.5 Å². The summed E-state index contributed by atoms with van der Waals surface area (Å²) >= 11 is 0. The maximum Gasteiger partial charge on any atom is 0.278 e. The molecule has 0 bridgehead atoms. The van der Waals surface area contributed by atoms with Crippen molar-refractivity contribution < 1.29 is 4.79 Å². The molecule has 0 unspecified atom stereocenters. The Morgan fingerprint density at radius 2 is 2.10 bits per heavy atom. The topological polar surface area (TPSA) is 68.1 Å². The highest BCUT2D eigenvalue weighted by Gasteiger charge is 2.14. The SMILES string of the molecule is C=C(C)CN(CC)C(=O)Cn1nnc2ccccc2c1=O. The summed E-state index contributed by atoms with van der Waals surface area (Å²) in [6.45, 7) is 8.47. The number of hydrogen-bond donors (Lipinski definition) is 0. The highest BCUT2D eigenvalue weighted by Crippen LogP contribution is 2.04. The summed E-state index contributed by atoms with van der Waals surface area (Å²) in [5, 5.41) is 8.25. The molecule has 0 atom stereocenters. The summed E-state index contributed by atoms with van der Waals surface area (Å²) in [5.74, 6) is -0.174. The first-order valence-electron chi connectivity index (χ1n) is 6.77. The lowest BCUT2D eigenvalue weighted by Crippen LogP contribution is -2.38. The zero-order valence-corrected chi connectivity index (χ0v) is 12.2. The van der Waals surface area contributed by atoms with E-state index in [2.05, 4.69) is 16.9 Å². The van der Waals surface area contributed by atoms with E-state index in [0.29, 0.717) is 24.0 Å². The van der Waals surface area contributed by atoms with Crippen LogP contribution in [0.1, 0.15) is 13.8 Å². The van der Waals surface area contributed by atoms with Crippen LogP contribution in [0.3, 0.4) is 0 Å². The first kappa shape index (κ1) is 14.9. The zero-order valence-electron chi connectivity index (χ0n) is 12.2. The van der Waals surface area contributed by atoms with Gasteiger partial charge < -0.3 is 4.90 Å². The van der Waals surface area contributed by atoms with E-state index in [1.807, 2.05) is 13.8 Å². The smallest absolute Gasteiger partial charge is 0.278 e. The number of aromatic nitrogens is 3. The van der Waals surface area contributed by atoms with Crippen molar-refractivity contribution in [2.45, 2.75) is 20.4 Å². The lowest BCUT2D eigenvalue weighted by atomic mass is 10.2. The van der Waals surface area contributed by atoms with Crippen LogP contribution in [0.2, 0.25) is 0 Å². The van der Waals surface area contributed by atoms with Gasteiger partial charge in [0.05, 0.1) is 5.39 Å². The maximum atomic E-state index is 12.3. The van der Waals surface area contributed by atoms with Crippen LogP contribution >= 0.6 is 0 Å². The van der Waals surface area contributed by atoms with Crippen LogP contribution in [0.4, 0.5) is 0 Å². The molecule has 1 aromatic heterocycles. The molecule has 0 radical (unpaired) electrons. The molecule has 6 nitrogen and oxygen atoms in total. The minimum Gasteiger partial charge on any atom is -0.337 e. The Labute approximate surface area is 122 Å². The maximum absolute atomic E-state index is 12.3. The number of hydrogen-bond acceptors (Lipinski definition) is 4. The van der Waals surface area contributed by atoms with Gasteiger partial charge in [0.25, 0.3) is 5.56 Å². The van der Waals surface area contributed by atoms with Crippen LogP contribution in [0.15, 0.2) is 41.2 Å². The van der Waals surface area contributed by atoms with Gasteiger partial charge in [-0.3, -0.25) is 9.59 Å². The van der Waals surface area contributed by atoms with Crippen molar-refractivity contribution in [3.05, 3.63) is 46.8 Å². The first-order chi connectivity index (χ1) is 10.0. The number of likely N-dealkylation sites (N-methyl/N-ethyl adjacent to an activating group) is 1. The van der Waals surface area contributed by atoms with Gasteiger partial charge >= 0.3 is 0 Å². The highest BCUT2D eigenvalue weighted by molar-refractivity contribution is 5.78. The lowest BCUT2D eigenvalue weighted by Gasteiger charge is -2.20. The Kier molecular flexibility index (Phi) is 4.47. The lowest BCUT2D eigenvalue weighted by molar-refractivity contribution is -0.131. The van der Waals surface area contributed by atoms with Gasteiger partial charge in [0.2, 0.25) is 5.91 Å². The molecule has 2 rings (SSSR count). The number of fused-ring (bicyclic) bond motifs is 1. The quantitative estimate of drug-likeness (QED) is 0.775. The Morgan fingerprint density at radius 1 is 1.38 bits per heavy atom. The molecule has 1 aromatic carbocycles. The summed E-state index contributed by atoms with van der Waals surface area (Å²) < 4.78 is 1.10. The van der Waals surface area contributed by atoms with Gasteiger partial charge in [0.15, 0.2) is 0 Å². The highest BCUT2D eigenvalue weighted by atomic mass is 16.2. The van der Waals surface area contributed by atoms with E-state index in [-0.39, 0.29) is 18.0 Å². The second-order valence-corrected chi connectivity index (χ2v) is 4.93. The van der Waals surface area contributed by atoms with Crippen LogP contribution in [-0.2, 0) is 11.3 Å². The Morgan fingerprint density at radius 3 is 2.76 bits per heavy atom. The van der Waals surface area contributed by atoms with Gasteiger partial charge in [-0.05, 0) is 26.0 Å². The largest absolute Gasteiger partial charge is 0.337 e. The van der Waals surface area contributed by atoms with Gasteiger partial charge in [-0.15, -0.1) is 5.10 Å².